The van der Waals surface area contributed by atoms with Gasteiger partial charge in [0.1, 0.15) is 0 Å². The zero-order chi connectivity index (χ0) is 25.3. The Morgan fingerprint density at radius 1 is 0.714 bits per heavy atom. The molecule has 2 aliphatic rings. The number of esters is 2. The minimum absolute atomic E-state index is 0. The molecular formula is C26H20F4O4Ti. The first-order valence-corrected chi connectivity index (χ1v) is 9.74. The molecule has 35 heavy (non-hydrogen) atoms. The molecule has 0 radical (unpaired) electrons. The average Bonchev–Trinajstić information content (AvgIpc) is 3.51. The van der Waals surface area contributed by atoms with Crippen LogP contribution in [0.3, 0.4) is 0 Å². The fraction of sp³-hybridized carbons (Fsp3) is 0.154. The van der Waals surface area contributed by atoms with E-state index in [1.165, 1.54) is 0 Å². The van der Waals surface area contributed by atoms with E-state index in [0.29, 0.717) is 0 Å². The Kier molecular flexibility index (Phi) is 16.5. The van der Waals surface area contributed by atoms with Gasteiger partial charge < -0.3 is 9.47 Å². The zero-order valence-electron chi connectivity index (χ0n) is 18.8. The first kappa shape index (κ1) is 31.8. The molecule has 0 spiro atoms. The van der Waals surface area contributed by atoms with E-state index < -0.39 is 35.2 Å². The molecule has 2 aromatic rings. The second-order valence-electron chi connectivity index (χ2n) is 6.16. The third-order valence-electron chi connectivity index (χ3n) is 3.33. The second-order valence-corrected chi connectivity index (χ2v) is 6.16. The van der Waals surface area contributed by atoms with Gasteiger partial charge in [0.05, 0.1) is 23.1 Å². The SMILES string of the molecule is CC(=O)Oc1ccc(F)[c-]c1F.CC(=O)Oc1ccc(F)[c-]c1F.[C-]1=CC=CC1.[C-]1=CC=CC1.[Ti+4]. The van der Waals surface area contributed by atoms with Crippen LogP contribution in [0.4, 0.5) is 17.6 Å². The van der Waals surface area contributed by atoms with Crippen molar-refractivity contribution in [2.45, 2.75) is 26.7 Å². The van der Waals surface area contributed by atoms with Crippen molar-refractivity contribution in [1.82, 2.24) is 0 Å². The monoisotopic (exact) mass is 520 g/mol. The Bertz CT molecular complexity index is 974. The summed E-state index contributed by atoms with van der Waals surface area (Å²) < 4.78 is 58.6. The van der Waals surface area contributed by atoms with Gasteiger partial charge in [-0.1, -0.05) is 0 Å². The predicted molar refractivity (Wildman–Crippen MR) is 116 cm³/mol. The molecule has 0 fully saturated rings. The van der Waals surface area contributed by atoms with Gasteiger partial charge in [0.2, 0.25) is 0 Å². The van der Waals surface area contributed by atoms with Crippen LogP contribution >= 0.6 is 0 Å². The van der Waals surface area contributed by atoms with Gasteiger partial charge in [0, 0.05) is 25.5 Å². The van der Waals surface area contributed by atoms with E-state index in [4.69, 9.17) is 0 Å². The summed E-state index contributed by atoms with van der Waals surface area (Å²) in [6.07, 6.45) is 20.0. The van der Waals surface area contributed by atoms with E-state index in [1.807, 2.05) is 24.3 Å². The predicted octanol–water partition coefficient (Wildman–Crippen LogP) is 5.99. The minimum atomic E-state index is -1.01. The number of carbonyl (C=O) groups is 2. The van der Waals surface area contributed by atoms with E-state index in [9.17, 15) is 27.2 Å². The summed E-state index contributed by atoms with van der Waals surface area (Å²) in [5, 5.41) is 0. The van der Waals surface area contributed by atoms with Crippen molar-refractivity contribution in [2.24, 2.45) is 0 Å². The van der Waals surface area contributed by atoms with Crippen molar-refractivity contribution in [3.05, 3.63) is 108 Å². The average molecular weight is 520 g/mol. The molecule has 4 rings (SSSR count). The molecule has 0 saturated heterocycles. The van der Waals surface area contributed by atoms with Crippen LogP contribution in [0.1, 0.15) is 26.7 Å². The standard InChI is InChI=1S/2C8H5F2O2.2C5H5.Ti/c2*1-5(11)12-8-3-2-6(9)4-7(8)10;2*1-2-4-5-3-1;/h2*2-3H,1H3;2*1-3H,4H2;/q4*-1;+4. The molecule has 0 N–H and O–H groups in total. The van der Waals surface area contributed by atoms with Crippen molar-refractivity contribution in [2.75, 3.05) is 0 Å². The number of hydrogen-bond acceptors (Lipinski definition) is 4. The third-order valence-corrected chi connectivity index (χ3v) is 3.33. The molecule has 2 aromatic carbocycles. The minimum Gasteiger partial charge on any atom is -0.488 e. The van der Waals surface area contributed by atoms with E-state index in [1.54, 1.807) is 12.1 Å². The number of rotatable bonds is 2. The molecule has 0 bridgehead atoms. The van der Waals surface area contributed by atoms with Gasteiger partial charge in [-0.15, -0.1) is 49.2 Å². The Morgan fingerprint density at radius 2 is 1.09 bits per heavy atom. The van der Waals surface area contributed by atoms with Crippen LogP contribution < -0.4 is 9.47 Å². The summed E-state index contributed by atoms with van der Waals surface area (Å²) >= 11 is 0. The van der Waals surface area contributed by atoms with Gasteiger partial charge in [-0.05, 0) is 0 Å². The summed E-state index contributed by atoms with van der Waals surface area (Å²) in [7, 11) is 0. The van der Waals surface area contributed by atoms with Crippen molar-refractivity contribution < 1.29 is 58.3 Å². The van der Waals surface area contributed by atoms with Gasteiger partial charge in [-0.2, -0.15) is 12.2 Å². The fourth-order valence-electron chi connectivity index (χ4n) is 2.01. The fourth-order valence-corrected chi connectivity index (χ4v) is 2.01. The van der Waals surface area contributed by atoms with E-state index >= 15 is 0 Å². The first-order chi connectivity index (χ1) is 16.2. The molecule has 180 valence electrons. The number of carbonyl (C=O) groups excluding carboxylic acids is 2. The van der Waals surface area contributed by atoms with E-state index in [2.05, 4.69) is 33.8 Å². The van der Waals surface area contributed by atoms with Gasteiger partial charge in [-0.25, -0.2) is 41.9 Å². The molecule has 4 nitrogen and oxygen atoms in total. The van der Waals surface area contributed by atoms with Crippen LogP contribution in [0.2, 0.25) is 0 Å². The third kappa shape index (κ3) is 15.3. The first-order valence-electron chi connectivity index (χ1n) is 9.74. The number of benzene rings is 2. The number of hydrogen-bond donors (Lipinski definition) is 0. The van der Waals surface area contributed by atoms with Gasteiger partial charge >= 0.3 is 21.7 Å². The maximum Gasteiger partial charge on any atom is 4.00 e. The molecule has 0 atom stereocenters. The van der Waals surface area contributed by atoms with Gasteiger partial charge in [-0.3, -0.25) is 21.7 Å². The molecule has 0 aromatic heterocycles. The Balaban J connectivity index is 0.000000468. The van der Waals surface area contributed by atoms with Crippen LogP contribution in [0, 0.1) is 47.6 Å². The van der Waals surface area contributed by atoms with Crippen molar-refractivity contribution in [3.63, 3.8) is 0 Å². The summed E-state index contributed by atoms with van der Waals surface area (Å²) in [4.78, 5) is 20.7. The number of allylic oxidation sites excluding steroid dienone is 8. The summed E-state index contributed by atoms with van der Waals surface area (Å²) in [6, 6.07) is 7.45. The quantitative estimate of drug-likeness (QED) is 0.161. The second kappa shape index (κ2) is 18.1. The van der Waals surface area contributed by atoms with E-state index in [0.717, 1.165) is 51.0 Å². The molecule has 0 heterocycles. The summed E-state index contributed by atoms with van der Waals surface area (Å²) in [5.41, 5.74) is 0. The normalized spacial score (nSPS) is 11.6. The Morgan fingerprint density at radius 3 is 1.29 bits per heavy atom. The molecule has 2 aliphatic carbocycles. The van der Waals surface area contributed by atoms with Gasteiger partial charge in [0.25, 0.3) is 11.9 Å². The van der Waals surface area contributed by atoms with Crippen LogP contribution in [-0.4, -0.2) is 11.9 Å². The maximum absolute atomic E-state index is 12.6. The van der Waals surface area contributed by atoms with Crippen LogP contribution in [0.5, 0.6) is 11.5 Å². The molecule has 0 amide bonds. The van der Waals surface area contributed by atoms with E-state index in [-0.39, 0.29) is 33.2 Å². The summed E-state index contributed by atoms with van der Waals surface area (Å²) in [5.74, 6) is -5.63. The van der Waals surface area contributed by atoms with Crippen molar-refractivity contribution in [3.8, 4) is 11.5 Å². The van der Waals surface area contributed by atoms with Crippen molar-refractivity contribution >= 4 is 11.9 Å². The van der Waals surface area contributed by atoms with Crippen LogP contribution in [-0.2, 0) is 31.3 Å². The smallest absolute Gasteiger partial charge is 0.488 e. The number of halogens is 4. The topological polar surface area (TPSA) is 52.6 Å². The van der Waals surface area contributed by atoms with Gasteiger partial charge in [0.15, 0.2) is 0 Å². The zero-order valence-corrected chi connectivity index (χ0v) is 20.4. The maximum atomic E-state index is 12.6. The molecular weight excluding hydrogens is 500 g/mol. The Labute approximate surface area is 216 Å². The van der Waals surface area contributed by atoms with Crippen LogP contribution in [0.15, 0.2) is 60.7 Å². The van der Waals surface area contributed by atoms with Crippen LogP contribution in [0.25, 0.3) is 0 Å². The molecule has 9 heteroatoms. The number of ether oxygens (including phenoxy) is 2. The largest absolute Gasteiger partial charge is 4.00 e. The molecule has 0 unspecified atom stereocenters. The molecule has 0 saturated carbocycles. The summed E-state index contributed by atoms with van der Waals surface area (Å²) in [6.45, 7) is 2.26. The molecule has 0 aliphatic heterocycles. The Hall–Kier alpha value is -3.23. The van der Waals surface area contributed by atoms with Crippen molar-refractivity contribution in [1.29, 1.82) is 0 Å².